The summed E-state index contributed by atoms with van der Waals surface area (Å²) in [5.41, 5.74) is 0.802. The molecule has 1 saturated carbocycles. The summed E-state index contributed by atoms with van der Waals surface area (Å²) in [6.45, 7) is 5.92. The first-order valence-electron chi connectivity index (χ1n) is 9.59. The first-order valence-corrected chi connectivity index (χ1v) is 10.5. The lowest BCUT2D eigenvalue weighted by Gasteiger charge is -2.35. The number of amides is 3. The molecule has 1 aromatic rings. The number of thiophene rings is 1. The van der Waals surface area contributed by atoms with E-state index in [1.807, 2.05) is 11.3 Å². The summed E-state index contributed by atoms with van der Waals surface area (Å²) in [6.07, 6.45) is 5.70. The number of fused-ring (bicyclic) bond motifs is 1. The van der Waals surface area contributed by atoms with Crippen molar-refractivity contribution in [3.8, 4) is 0 Å². The lowest BCUT2D eigenvalue weighted by molar-refractivity contribution is -0.940. The Hall–Kier alpha value is -1.40. The number of carbonyl (C=O) groups is 2. The molecule has 2 N–H and O–H groups in total. The molecule has 0 radical (unpaired) electrons. The average Bonchev–Trinajstić information content (AvgIpc) is 3.16. The van der Waals surface area contributed by atoms with Crippen molar-refractivity contribution in [3.05, 3.63) is 21.9 Å². The van der Waals surface area contributed by atoms with Gasteiger partial charge in [-0.3, -0.25) is 4.79 Å². The maximum Gasteiger partial charge on any atom is 0.329 e. The minimum Gasteiger partial charge on any atom is -0.323 e. The monoisotopic (exact) mass is 362 g/mol. The Morgan fingerprint density at radius 3 is 2.84 bits per heavy atom. The second-order valence-corrected chi connectivity index (χ2v) is 9.00. The highest BCUT2D eigenvalue weighted by atomic mass is 32.1. The van der Waals surface area contributed by atoms with Crippen molar-refractivity contribution in [1.82, 2.24) is 10.2 Å². The Balaban J connectivity index is 1.51. The molecule has 5 nitrogen and oxygen atoms in total. The van der Waals surface area contributed by atoms with Gasteiger partial charge >= 0.3 is 6.03 Å². The number of carbonyl (C=O) groups excluding carboxylic acids is 2. The van der Waals surface area contributed by atoms with Crippen molar-refractivity contribution in [2.75, 3.05) is 13.2 Å². The molecular formula is C19H28N3O2S+. The van der Waals surface area contributed by atoms with Crippen molar-refractivity contribution in [3.63, 3.8) is 0 Å². The highest BCUT2D eigenvalue weighted by Crippen LogP contribution is 2.36. The first kappa shape index (κ1) is 17.0. The van der Waals surface area contributed by atoms with Gasteiger partial charge in [0.1, 0.15) is 11.6 Å². The van der Waals surface area contributed by atoms with Crippen LogP contribution in [0.15, 0.2) is 11.4 Å². The zero-order valence-electron chi connectivity index (χ0n) is 15.1. The van der Waals surface area contributed by atoms with Crippen LogP contribution in [-0.4, -0.2) is 35.6 Å². The fourth-order valence-electron chi connectivity index (χ4n) is 4.85. The Labute approximate surface area is 153 Å². The maximum absolute atomic E-state index is 13.1. The molecule has 1 spiro atoms. The Morgan fingerprint density at radius 2 is 2.12 bits per heavy atom. The number of nitrogens with zero attached hydrogens (tertiary/aromatic N) is 1. The molecule has 0 bridgehead atoms. The molecule has 136 valence electrons. The zero-order valence-corrected chi connectivity index (χ0v) is 16.0. The van der Waals surface area contributed by atoms with Crippen LogP contribution in [0.5, 0.6) is 0 Å². The van der Waals surface area contributed by atoms with Gasteiger partial charge < -0.3 is 10.2 Å². The van der Waals surface area contributed by atoms with Gasteiger partial charge in [-0.15, -0.1) is 11.3 Å². The van der Waals surface area contributed by atoms with Gasteiger partial charge in [0.25, 0.3) is 5.91 Å². The fraction of sp³-hybridized carbons (Fsp3) is 0.684. The standard InChI is InChI=1S/C19H27N3O2S/c1-3-15-14-7-11-25-16(14)6-10-21(15)12-22-17(23)19(20-18(22)24)8-4-13(2)5-9-19/h7,11,13,15H,3-6,8-10,12H2,1-2H3,(H,20,24)/p+1/t13?,15-,19?/m1/s1. The quantitative estimate of drug-likeness (QED) is 0.809. The highest BCUT2D eigenvalue weighted by molar-refractivity contribution is 7.10. The smallest absolute Gasteiger partial charge is 0.323 e. The second kappa shape index (κ2) is 6.40. The van der Waals surface area contributed by atoms with Crippen LogP contribution in [-0.2, 0) is 11.2 Å². The van der Waals surface area contributed by atoms with Crippen LogP contribution in [0, 0.1) is 5.92 Å². The van der Waals surface area contributed by atoms with E-state index >= 15 is 0 Å². The lowest BCUT2D eigenvalue weighted by Crippen LogP contribution is -3.14. The fourth-order valence-corrected chi connectivity index (χ4v) is 5.79. The number of rotatable bonds is 3. The third-order valence-corrected chi connectivity index (χ3v) is 7.46. The largest absolute Gasteiger partial charge is 0.329 e. The van der Waals surface area contributed by atoms with Crippen LogP contribution >= 0.6 is 11.3 Å². The van der Waals surface area contributed by atoms with Gasteiger partial charge in [-0.2, -0.15) is 0 Å². The Kier molecular flexibility index (Phi) is 4.36. The zero-order chi connectivity index (χ0) is 17.6. The Bertz CT molecular complexity index is 678. The van der Waals surface area contributed by atoms with E-state index in [4.69, 9.17) is 0 Å². The molecule has 0 aromatic carbocycles. The topological polar surface area (TPSA) is 53.9 Å². The van der Waals surface area contributed by atoms with Gasteiger partial charge in [0.2, 0.25) is 0 Å². The Morgan fingerprint density at radius 1 is 1.36 bits per heavy atom. The molecule has 25 heavy (non-hydrogen) atoms. The van der Waals surface area contributed by atoms with Gasteiger partial charge in [-0.25, -0.2) is 9.69 Å². The summed E-state index contributed by atoms with van der Waals surface area (Å²) in [6, 6.07) is 2.43. The van der Waals surface area contributed by atoms with Crippen LogP contribution in [0.25, 0.3) is 0 Å². The first-order chi connectivity index (χ1) is 12.0. The molecule has 1 unspecified atom stereocenters. The SMILES string of the molecule is CC[C@@H]1c2ccsc2CC[NH+]1CN1C(=O)NC2(CCC(C)CC2)C1=O. The summed E-state index contributed by atoms with van der Waals surface area (Å²) < 4.78 is 0. The molecule has 3 heterocycles. The third kappa shape index (κ3) is 2.79. The molecular weight excluding hydrogens is 334 g/mol. The number of hydrogen-bond donors (Lipinski definition) is 2. The second-order valence-electron chi connectivity index (χ2n) is 8.00. The average molecular weight is 363 g/mol. The van der Waals surface area contributed by atoms with E-state index < -0.39 is 5.54 Å². The maximum atomic E-state index is 13.1. The van der Waals surface area contributed by atoms with Crippen molar-refractivity contribution >= 4 is 23.3 Å². The van der Waals surface area contributed by atoms with Crippen LogP contribution in [0.3, 0.4) is 0 Å². The molecule has 2 aliphatic heterocycles. The predicted molar refractivity (Wildman–Crippen MR) is 97.5 cm³/mol. The van der Waals surface area contributed by atoms with E-state index in [2.05, 4.69) is 30.6 Å². The van der Waals surface area contributed by atoms with Gasteiger partial charge in [-0.05, 0) is 43.0 Å². The van der Waals surface area contributed by atoms with Crippen molar-refractivity contribution in [2.45, 2.75) is 64.0 Å². The van der Waals surface area contributed by atoms with E-state index in [9.17, 15) is 9.59 Å². The summed E-state index contributed by atoms with van der Waals surface area (Å²) in [4.78, 5) is 30.0. The summed E-state index contributed by atoms with van der Waals surface area (Å²) in [7, 11) is 0. The van der Waals surface area contributed by atoms with Gasteiger partial charge in [-0.1, -0.05) is 13.8 Å². The number of nitrogens with one attached hydrogen (secondary N) is 2. The summed E-state index contributed by atoms with van der Waals surface area (Å²) >= 11 is 1.83. The molecule has 1 aromatic heterocycles. The van der Waals surface area contributed by atoms with Crippen LogP contribution in [0.1, 0.15) is 62.4 Å². The molecule has 2 fully saturated rings. The number of hydrogen-bond acceptors (Lipinski definition) is 3. The van der Waals surface area contributed by atoms with Crippen LogP contribution < -0.4 is 10.2 Å². The molecule has 1 saturated heterocycles. The summed E-state index contributed by atoms with van der Waals surface area (Å²) in [5, 5.41) is 5.22. The van der Waals surface area contributed by atoms with E-state index in [0.29, 0.717) is 18.6 Å². The van der Waals surface area contributed by atoms with Crippen molar-refractivity contribution in [2.24, 2.45) is 5.92 Å². The van der Waals surface area contributed by atoms with Gasteiger partial charge in [0.15, 0.2) is 6.67 Å². The van der Waals surface area contributed by atoms with E-state index in [1.54, 1.807) is 0 Å². The number of urea groups is 1. The normalized spacial score (nSPS) is 35.1. The van der Waals surface area contributed by atoms with Gasteiger partial charge in [0.05, 0.1) is 6.54 Å². The van der Waals surface area contributed by atoms with Crippen LogP contribution in [0.2, 0.25) is 0 Å². The molecule has 3 amide bonds. The van der Waals surface area contributed by atoms with E-state index in [0.717, 1.165) is 45.1 Å². The van der Waals surface area contributed by atoms with E-state index in [1.165, 1.54) is 20.2 Å². The lowest BCUT2D eigenvalue weighted by atomic mass is 9.77. The minimum atomic E-state index is -0.617. The van der Waals surface area contributed by atoms with Crippen molar-refractivity contribution < 1.29 is 14.5 Å². The molecule has 4 rings (SSSR count). The van der Waals surface area contributed by atoms with Gasteiger partial charge in [0, 0.05) is 23.3 Å². The van der Waals surface area contributed by atoms with Crippen LogP contribution in [0.4, 0.5) is 4.79 Å². The molecule has 6 heteroatoms. The predicted octanol–water partition coefficient (Wildman–Crippen LogP) is 2.10. The molecule has 2 atom stereocenters. The third-order valence-electron chi connectivity index (χ3n) is 6.46. The highest BCUT2D eigenvalue weighted by Gasteiger charge is 2.53. The molecule has 3 aliphatic rings. The minimum absolute atomic E-state index is 0.0165. The van der Waals surface area contributed by atoms with E-state index in [-0.39, 0.29) is 11.9 Å². The number of imide groups is 1. The summed E-state index contributed by atoms with van der Waals surface area (Å²) in [5.74, 6) is 0.668. The molecule has 1 aliphatic carbocycles. The number of quaternary nitrogens is 1. The van der Waals surface area contributed by atoms with Crippen molar-refractivity contribution in [1.29, 1.82) is 0 Å².